The van der Waals surface area contributed by atoms with Crippen molar-refractivity contribution in [3.63, 3.8) is 0 Å². The fourth-order valence-corrected chi connectivity index (χ4v) is 1.36. The van der Waals surface area contributed by atoms with Crippen LogP contribution in [-0.2, 0) is 15.8 Å². The number of nitrogens with zero attached hydrogens (tertiary/aromatic N) is 1. The second-order valence-electron chi connectivity index (χ2n) is 3.58. The number of carboxylic acid groups (broad SMARTS) is 1. The molecule has 0 saturated carbocycles. The van der Waals surface area contributed by atoms with Gasteiger partial charge in [0.2, 0.25) is 5.91 Å². The maximum absolute atomic E-state index is 12.4. The van der Waals surface area contributed by atoms with Crippen molar-refractivity contribution in [3.05, 3.63) is 22.8 Å². The molecular weight excluding hydrogens is 303 g/mol. The van der Waals surface area contributed by atoms with E-state index in [4.69, 9.17) is 16.7 Å². The number of amides is 1. The third-order valence-corrected chi connectivity index (χ3v) is 2.31. The third-order valence-electron chi connectivity index (χ3n) is 2.02. The van der Waals surface area contributed by atoms with Gasteiger partial charge in [-0.1, -0.05) is 11.6 Å². The minimum absolute atomic E-state index is 0.106. The van der Waals surface area contributed by atoms with Gasteiger partial charge in [0.25, 0.3) is 0 Å². The Kier molecular flexibility index (Phi) is 5.14. The van der Waals surface area contributed by atoms with Gasteiger partial charge in [0.1, 0.15) is 12.4 Å². The van der Waals surface area contributed by atoms with Crippen molar-refractivity contribution in [3.8, 4) is 0 Å². The lowest BCUT2D eigenvalue weighted by Crippen LogP contribution is -2.34. The highest BCUT2D eigenvalue weighted by atomic mass is 35.5. The average molecular weight is 312 g/mol. The molecule has 10 heteroatoms. The summed E-state index contributed by atoms with van der Waals surface area (Å²) < 4.78 is 37.1. The Morgan fingerprint density at radius 3 is 2.50 bits per heavy atom. The van der Waals surface area contributed by atoms with E-state index in [1.807, 2.05) is 0 Å². The van der Waals surface area contributed by atoms with Crippen molar-refractivity contribution in [1.82, 2.24) is 10.3 Å². The van der Waals surface area contributed by atoms with Crippen LogP contribution in [0.4, 0.5) is 19.0 Å². The smallest absolute Gasteiger partial charge is 0.417 e. The van der Waals surface area contributed by atoms with E-state index in [1.54, 1.807) is 0 Å². The Balaban J connectivity index is 2.61. The summed E-state index contributed by atoms with van der Waals surface area (Å²) in [6.45, 7) is -0.931. The molecule has 0 aliphatic rings. The van der Waals surface area contributed by atoms with Crippen LogP contribution in [0.25, 0.3) is 0 Å². The zero-order valence-electron chi connectivity index (χ0n) is 9.79. The van der Waals surface area contributed by atoms with E-state index in [1.165, 1.54) is 0 Å². The molecule has 110 valence electrons. The van der Waals surface area contributed by atoms with Gasteiger partial charge in [-0.2, -0.15) is 13.2 Å². The molecule has 0 bridgehead atoms. The molecule has 0 spiro atoms. The summed E-state index contributed by atoms with van der Waals surface area (Å²) >= 11 is 5.60. The molecule has 20 heavy (non-hydrogen) atoms. The summed E-state index contributed by atoms with van der Waals surface area (Å²) in [4.78, 5) is 24.8. The maximum atomic E-state index is 12.4. The number of halogens is 4. The highest BCUT2D eigenvalue weighted by molar-refractivity contribution is 6.33. The lowest BCUT2D eigenvalue weighted by atomic mass is 10.3. The Labute approximate surface area is 115 Å². The third kappa shape index (κ3) is 4.92. The van der Waals surface area contributed by atoms with Gasteiger partial charge in [0.15, 0.2) is 0 Å². The van der Waals surface area contributed by atoms with Crippen molar-refractivity contribution in [2.24, 2.45) is 0 Å². The average Bonchev–Trinajstić information content (AvgIpc) is 2.33. The van der Waals surface area contributed by atoms with Crippen LogP contribution in [-0.4, -0.2) is 35.1 Å². The Bertz CT molecular complexity index is 522. The lowest BCUT2D eigenvalue weighted by Gasteiger charge is -2.10. The van der Waals surface area contributed by atoms with Crippen molar-refractivity contribution in [2.45, 2.75) is 6.18 Å². The molecule has 1 amide bonds. The van der Waals surface area contributed by atoms with Crippen molar-refractivity contribution >= 4 is 29.3 Å². The van der Waals surface area contributed by atoms with Crippen LogP contribution < -0.4 is 10.6 Å². The predicted molar refractivity (Wildman–Crippen MR) is 63.4 cm³/mol. The standard InChI is InChI=1S/C10H9ClF3N3O3/c11-6-1-5(10(12,13)14)2-16-9(6)17-3-7(18)15-4-8(19)20/h1-2H,3-4H2,(H,15,18)(H,16,17)(H,19,20). The van der Waals surface area contributed by atoms with Crippen molar-refractivity contribution in [1.29, 1.82) is 0 Å². The van der Waals surface area contributed by atoms with E-state index in [0.717, 1.165) is 0 Å². The van der Waals surface area contributed by atoms with Crippen LogP contribution in [0.1, 0.15) is 5.56 Å². The van der Waals surface area contributed by atoms with E-state index in [9.17, 15) is 22.8 Å². The lowest BCUT2D eigenvalue weighted by molar-refractivity contribution is -0.138. The van der Waals surface area contributed by atoms with Gasteiger partial charge in [0, 0.05) is 6.20 Å². The number of alkyl halides is 3. The summed E-state index contributed by atoms with van der Waals surface area (Å²) in [5.74, 6) is -1.99. The van der Waals surface area contributed by atoms with E-state index in [-0.39, 0.29) is 17.4 Å². The molecule has 0 radical (unpaired) electrons. The number of hydrogen-bond donors (Lipinski definition) is 3. The fourth-order valence-electron chi connectivity index (χ4n) is 1.12. The summed E-state index contributed by atoms with van der Waals surface area (Å²) in [6.07, 6.45) is -3.99. The molecule has 3 N–H and O–H groups in total. The van der Waals surface area contributed by atoms with Crippen molar-refractivity contribution < 1.29 is 27.9 Å². The van der Waals surface area contributed by atoms with Crippen LogP contribution in [0, 0.1) is 0 Å². The molecule has 0 saturated heterocycles. The van der Waals surface area contributed by atoms with Gasteiger partial charge in [-0.25, -0.2) is 4.98 Å². The molecule has 6 nitrogen and oxygen atoms in total. The molecule has 0 unspecified atom stereocenters. The molecular formula is C10H9ClF3N3O3. The largest absolute Gasteiger partial charge is 0.480 e. The second kappa shape index (κ2) is 6.42. The van der Waals surface area contributed by atoms with Gasteiger partial charge in [-0.15, -0.1) is 0 Å². The van der Waals surface area contributed by atoms with Gasteiger partial charge in [0.05, 0.1) is 17.1 Å². The Hall–Kier alpha value is -2.03. The van der Waals surface area contributed by atoms with Gasteiger partial charge in [-0.3, -0.25) is 9.59 Å². The number of anilines is 1. The highest BCUT2D eigenvalue weighted by Crippen LogP contribution is 2.32. The van der Waals surface area contributed by atoms with E-state index >= 15 is 0 Å². The van der Waals surface area contributed by atoms with Crippen molar-refractivity contribution in [2.75, 3.05) is 18.4 Å². The minimum atomic E-state index is -4.56. The number of hydrogen-bond acceptors (Lipinski definition) is 4. The first-order valence-electron chi connectivity index (χ1n) is 5.15. The number of carbonyl (C=O) groups is 2. The molecule has 1 aromatic rings. The monoisotopic (exact) mass is 311 g/mol. The summed E-state index contributed by atoms with van der Waals surface area (Å²) in [6, 6.07) is 0.673. The first-order valence-corrected chi connectivity index (χ1v) is 5.53. The summed E-state index contributed by atoms with van der Waals surface area (Å²) in [7, 11) is 0. The predicted octanol–water partition coefficient (Wildman–Crippen LogP) is 1.37. The molecule has 1 rings (SSSR count). The number of nitrogens with one attached hydrogen (secondary N) is 2. The topological polar surface area (TPSA) is 91.3 Å². The Morgan fingerprint density at radius 1 is 1.35 bits per heavy atom. The Morgan fingerprint density at radius 2 is 2.00 bits per heavy atom. The first kappa shape index (κ1) is 16.0. The zero-order chi connectivity index (χ0) is 15.3. The van der Waals surface area contributed by atoms with Gasteiger partial charge < -0.3 is 15.7 Å². The van der Waals surface area contributed by atoms with Gasteiger partial charge in [-0.05, 0) is 6.07 Å². The number of carbonyl (C=O) groups excluding carboxylic acids is 1. The maximum Gasteiger partial charge on any atom is 0.417 e. The number of carboxylic acids is 1. The minimum Gasteiger partial charge on any atom is -0.480 e. The zero-order valence-corrected chi connectivity index (χ0v) is 10.5. The molecule has 0 aromatic carbocycles. The van der Waals surface area contributed by atoms with E-state index in [0.29, 0.717) is 12.3 Å². The van der Waals surface area contributed by atoms with Gasteiger partial charge >= 0.3 is 12.1 Å². The number of aliphatic carboxylic acids is 1. The molecule has 0 aliphatic heterocycles. The van der Waals surface area contributed by atoms with Crippen LogP contribution in [0.2, 0.25) is 5.02 Å². The second-order valence-corrected chi connectivity index (χ2v) is 3.98. The van der Waals surface area contributed by atoms with E-state index < -0.39 is 30.2 Å². The first-order chi connectivity index (χ1) is 9.20. The fraction of sp³-hybridized carbons (Fsp3) is 0.300. The number of aromatic nitrogens is 1. The van der Waals surface area contributed by atoms with Crippen LogP contribution in [0.15, 0.2) is 12.3 Å². The SMILES string of the molecule is O=C(O)CNC(=O)CNc1ncc(C(F)(F)F)cc1Cl. The van der Waals surface area contributed by atoms with Crippen LogP contribution in [0.3, 0.4) is 0 Å². The number of pyridine rings is 1. The normalized spacial score (nSPS) is 11.0. The highest BCUT2D eigenvalue weighted by Gasteiger charge is 2.31. The summed E-state index contributed by atoms with van der Waals surface area (Å²) in [5.41, 5.74) is -1.01. The van der Waals surface area contributed by atoms with Crippen LogP contribution in [0.5, 0.6) is 0 Å². The molecule has 0 fully saturated rings. The molecule has 0 aliphatic carbocycles. The quantitative estimate of drug-likeness (QED) is 0.764. The molecule has 1 aromatic heterocycles. The molecule has 1 heterocycles. The molecule has 0 atom stereocenters. The van der Waals surface area contributed by atoms with E-state index in [2.05, 4.69) is 15.6 Å². The number of rotatable bonds is 5. The summed E-state index contributed by atoms with van der Waals surface area (Å²) in [5, 5.41) is 12.5. The van der Waals surface area contributed by atoms with Crippen LogP contribution >= 0.6 is 11.6 Å².